The van der Waals surface area contributed by atoms with Crippen molar-refractivity contribution in [2.24, 2.45) is 7.05 Å². The predicted octanol–water partition coefficient (Wildman–Crippen LogP) is 1.15. The summed E-state index contributed by atoms with van der Waals surface area (Å²) in [4.78, 5) is 22.8. The number of amides is 2. The first kappa shape index (κ1) is 14.4. The number of nitrogens with one attached hydrogen (secondary N) is 2. The first-order valence-corrected chi connectivity index (χ1v) is 6.05. The van der Waals surface area contributed by atoms with Crippen molar-refractivity contribution in [2.75, 3.05) is 5.32 Å². The normalized spacial score (nSPS) is 10.1. The van der Waals surface area contributed by atoms with Crippen molar-refractivity contribution in [1.29, 1.82) is 0 Å². The molecular formula is C13H14N4O4. The second-order valence-electron chi connectivity index (χ2n) is 4.29. The van der Waals surface area contributed by atoms with Crippen molar-refractivity contribution in [3.63, 3.8) is 0 Å². The highest BCUT2D eigenvalue weighted by Crippen LogP contribution is 2.21. The Bertz CT molecular complexity index is 681. The second kappa shape index (κ2) is 5.95. The van der Waals surface area contributed by atoms with Gasteiger partial charge in [-0.1, -0.05) is 0 Å². The number of urea groups is 1. The lowest BCUT2D eigenvalue weighted by molar-refractivity contribution is 0.0697. The van der Waals surface area contributed by atoms with Gasteiger partial charge in [0.25, 0.3) is 0 Å². The van der Waals surface area contributed by atoms with Gasteiger partial charge in [0.15, 0.2) is 0 Å². The maximum absolute atomic E-state index is 11.8. The van der Waals surface area contributed by atoms with Crippen molar-refractivity contribution in [3.8, 4) is 5.75 Å². The molecule has 0 saturated heterocycles. The molecule has 4 N–H and O–H groups in total. The number of rotatable bonds is 4. The zero-order chi connectivity index (χ0) is 15.4. The summed E-state index contributed by atoms with van der Waals surface area (Å²) >= 11 is 0. The van der Waals surface area contributed by atoms with Gasteiger partial charge in [0.1, 0.15) is 5.75 Å². The molecule has 0 aliphatic heterocycles. The molecule has 0 aliphatic rings. The monoisotopic (exact) mass is 290 g/mol. The van der Waals surface area contributed by atoms with E-state index in [2.05, 4.69) is 15.7 Å². The summed E-state index contributed by atoms with van der Waals surface area (Å²) in [5.74, 6) is -1.43. The van der Waals surface area contributed by atoms with Gasteiger partial charge in [-0.15, -0.1) is 0 Å². The molecule has 2 amide bonds. The van der Waals surface area contributed by atoms with Crippen LogP contribution >= 0.6 is 0 Å². The third-order valence-electron chi connectivity index (χ3n) is 2.83. The molecule has 0 aliphatic carbocycles. The number of aryl methyl sites for hydroxylation is 1. The van der Waals surface area contributed by atoms with E-state index >= 15 is 0 Å². The van der Waals surface area contributed by atoms with E-state index in [0.717, 1.165) is 11.8 Å². The molecule has 0 unspecified atom stereocenters. The second-order valence-corrected chi connectivity index (χ2v) is 4.29. The van der Waals surface area contributed by atoms with Crippen molar-refractivity contribution in [2.45, 2.75) is 6.54 Å². The zero-order valence-corrected chi connectivity index (χ0v) is 11.2. The summed E-state index contributed by atoms with van der Waals surface area (Å²) in [5.41, 5.74) is 0.711. The van der Waals surface area contributed by atoms with Gasteiger partial charge in [0.05, 0.1) is 23.5 Å². The van der Waals surface area contributed by atoms with Crippen molar-refractivity contribution >= 4 is 17.7 Å². The van der Waals surface area contributed by atoms with Gasteiger partial charge in [-0.25, -0.2) is 9.59 Å². The molecule has 2 rings (SSSR count). The van der Waals surface area contributed by atoms with Crippen LogP contribution in [-0.4, -0.2) is 32.0 Å². The van der Waals surface area contributed by atoms with E-state index in [0.29, 0.717) is 0 Å². The van der Waals surface area contributed by atoms with E-state index in [1.807, 2.05) is 0 Å². The Morgan fingerprint density at radius 1 is 1.33 bits per heavy atom. The molecule has 1 heterocycles. The van der Waals surface area contributed by atoms with Gasteiger partial charge in [0, 0.05) is 13.2 Å². The lowest BCUT2D eigenvalue weighted by Crippen LogP contribution is -2.29. The Morgan fingerprint density at radius 3 is 2.71 bits per heavy atom. The number of carbonyl (C=O) groups excluding carboxylic acids is 1. The maximum atomic E-state index is 11.8. The number of anilines is 1. The summed E-state index contributed by atoms with van der Waals surface area (Å²) in [6.45, 7) is 0.253. The minimum atomic E-state index is -1.24. The minimum absolute atomic E-state index is 0.0998. The number of carbonyl (C=O) groups is 2. The molecule has 0 spiro atoms. The molecule has 0 bridgehead atoms. The zero-order valence-electron chi connectivity index (χ0n) is 11.2. The molecule has 0 fully saturated rings. The Kier molecular flexibility index (Phi) is 4.07. The topological polar surface area (TPSA) is 116 Å². The van der Waals surface area contributed by atoms with Gasteiger partial charge in [0.2, 0.25) is 0 Å². The van der Waals surface area contributed by atoms with Crippen LogP contribution in [0, 0.1) is 0 Å². The number of aromatic nitrogens is 2. The van der Waals surface area contributed by atoms with Gasteiger partial charge >= 0.3 is 12.0 Å². The number of phenolic OH excluding ortho intramolecular Hbond substituents is 1. The van der Waals surface area contributed by atoms with Crippen LogP contribution in [0.15, 0.2) is 30.5 Å². The Hall–Kier alpha value is -3.03. The minimum Gasteiger partial charge on any atom is -0.508 e. The molecule has 0 radical (unpaired) electrons. The SMILES string of the molecule is Cn1nccc1CNC(=O)Nc1ccc(O)cc1C(=O)O. The molecule has 110 valence electrons. The number of hydrogen-bond acceptors (Lipinski definition) is 4. The number of aromatic hydroxyl groups is 1. The highest BCUT2D eigenvalue weighted by atomic mass is 16.4. The highest BCUT2D eigenvalue weighted by molar-refractivity contribution is 6.00. The quantitative estimate of drug-likeness (QED) is 0.630. The Morgan fingerprint density at radius 2 is 2.10 bits per heavy atom. The number of nitrogens with zero attached hydrogens (tertiary/aromatic N) is 2. The van der Waals surface area contributed by atoms with Gasteiger partial charge in [-0.2, -0.15) is 5.10 Å². The number of phenols is 1. The predicted molar refractivity (Wildman–Crippen MR) is 74.1 cm³/mol. The van der Waals surface area contributed by atoms with E-state index in [9.17, 15) is 14.7 Å². The number of benzene rings is 1. The average molecular weight is 290 g/mol. The third kappa shape index (κ3) is 3.50. The van der Waals surface area contributed by atoms with Crippen LogP contribution in [-0.2, 0) is 13.6 Å². The van der Waals surface area contributed by atoms with Crippen molar-refractivity contribution in [3.05, 3.63) is 41.7 Å². The first-order chi connectivity index (χ1) is 9.97. The smallest absolute Gasteiger partial charge is 0.337 e. The summed E-state index contributed by atoms with van der Waals surface area (Å²) in [6.07, 6.45) is 1.61. The molecule has 21 heavy (non-hydrogen) atoms. The van der Waals surface area contributed by atoms with Crippen LogP contribution in [0.4, 0.5) is 10.5 Å². The van der Waals surface area contributed by atoms with Gasteiger partial charge in [-0.3, -0.25) is 4.68 Å². The molecule has 2 aromatic rings. The van der Waals surface area contributed by atoms with Crippen LogP contribution in [0.3, 0.4) is 0 Å². The third-order valence-corrected chi connectivity index (χ3v) is 2.83. The number of carboxylic acid groups (broad SMARTS) is 1. The Labute approximate surface area is 120 Å². The van der Waals surface area contributed by atoms with Crippen LogP contribution in [0.2, 0.25) is 0 Å². The van der Waals surface area contributed by atoms with E-state index < -0.39 is 12.0 Å². The van der Waals surface area contributed by atoms with Crippen molar-refractivity contribution in [1.82, 2.24) is 15.1 Å². The molecule has 8 nitrogen and oxygen atoms in total. The number of carboxylic acids is 1. The van der Waals surface area contributed by atoms with E-state index in [1.165, 1.54) is 12.1 Å². The summed E-state index contributed by atoms with van der Waals surface area (Å²) < 4.78 is 1.61. The van der Waals surface area contributed by atoms with Crippen LogP contribution < -0.4 is 10.6 Å². The van der Waals surface area contributed by atoms with Gasteiger partial charge < -0.3 is 20.8 Å². The molecule has 8 heteroatoms. The first-order valence-electron chi connectivity index (χ1n) is 6.05. The van der Waals surface area contributed by atoms with Crippen molar-refractivity contribution < 1.29 is 19.8 Å². The fourth-order valence-electron chi connectivity index (χ4n) is 1.73. The average Bonchev–Trinajstić information content (AvgIpc) is 2.84. The van der Waals surface area contributed by atoms with Crippen LogP contribution in [0.1, 0.15) is 16.1 Å². The van der Waals surface area contributed by atoms with E-state index in [-0.39, 0.29) is 23.5 Å². The number of aromatic carboxylic acids is 1. The summed E-state index contributed by atoms with van der Waals surface area (Å²) in [6, 6.07) is 4.89. The van der Waals surface area contributed by atoms with Crippen LogP contribution in [0.25, 0.3) is 0 Å². The maximum Gasteiger partial charge on any atom is 0.337 e. The molecule has 1 aromatic heterocycles. The standard InChI is InChI=1S/C13H14N4O4/c1-17-8(4-5-15-17)7-14-13(21)16-11-3-2-9(18)6-10(11)12(19)20/h2-6,18H,7H2,1H3,(H,19,20)(H2,14,16,21). The van der Waals surface area contributed by atoms with Crippen LogP contribution in [0.5, 0.6) is 5.75 Å². The lowest BCUT2D eigenvalue weighted by atomic mass is 10.1. The molecule has 0 saturated carbocycles. The lowest BCUT2D eigenvalue weighted by Gasteiger charge is -2.10. The molecular weight excluding hydrogens is 276 g/mol. The Balaban J connectivity index is 2.03. The fourth-order valence-corrected chi connectivity index (χ4v) is 1.73. The highest BCUT2D eigenvalue weighted by Gasteiger charge is 2.13. The summed E-state index contributed by atoms with van der Waals surface area (Å²) in [5, 5.41) is 27.3. The van der Waals surface area contributed by atoms with E-state index in [4.69, 9.17) is 5.11 Å². The summed E-state index contributed by atoms with van der Waals surface area (Å²) in [7, 11) is 1.75. The molecule has 0 atom stereocenters. The number of hydrogen-bond donors (Lipinski definition) is 4. The van der Waals surface area contributed by atoms with Gasteiger partial charge in [-0.05, 0) is 24.3 Å². The largest absolute Gasteiger partial charge is 0.508 e. The fraction of sp³-hybridized carbons (Fsp3) is 0.154. The molecule has 1 aromatic carbocycles. The van der Waals surface area contributed by atoms with E-state index in [1.54, 1.807) is 24.0 Å².